The van der Waals surface area contributed by atoms with Crippen LogP contribution in [0.5, 0.6) is 0 Å². The number of carbonyl (C=O) groups is 2. The lowest BCUT2D eigenvalue weighted by molar-refractivity contribution is -0.172. The summed E-state index contributed by atoms with van der Waals surface area (Å²) in [6.45, 7) is 2.38. The van der Waals surface area contributed by atoms with Crippen molar-refractivity contribution in [3.63, 3.8) is 0 Å². The number of hydrogen-bond acceptors (Lipinski definition) is 4. The molecule has 5 nitrogen and oxygen atoms in total. The topological polar surface area (TPSA) is 59.5 Å². The molecule has 1 amide bonds. The van der Waals surface area contributed by atoms with Crippen LogP contribution in [0, 0.1) is 0 Å². The first-order chi connectivity index (χ1) is 8.06. The van der Waals surface area contributed by atoms with Gasteiger partial charge in [-0.3, -0.25) is 4.79 Å². The van der Waals surface area contributed by atoms with E-state index in [1.165, 1.54) is 4.90 Å². The van der Waals surface area contributed by atoms with E-state index in [-0.39, 0.29) is 12.6 Å². The molecule has 1 fully saturated rings. The number of ether oxygens (including phenoxy) is 1. The van der Waals surface area contributed by atoms with Crippen molar-refractivity contribution < 1.29 is 14.3 Å². The van der Waals surface area contributed by atoms with Gasteiger partial charge in [0.1, 0.15) is 11.3 Å². The summed E-state index contributed by atoms with van der Waals surface area (Å²) in [5.74, 6) is -1.45. The van der Waals surface area contributed by atoms with Gasteiger partial charge in [0.15, 0.2) is 0 Å². The summed E-state index contributed by atoms with van der Waals surface area (Å²) in [4.78, 5) is 28.2. The average molecular weight is 255 g/mol. The Balaban J connectivity index is 2.12. The Hall–Kier alpha value is -1.62. The van der Waals surface area contributed by atoms with Crippen molar-refractivity contribution in [1.29, 1.82) is 0 Å². The van der Waals surface area contributed by atoms with E-state index >= 15 is 0 Å². The molecule has 0 N–H and O–H groups in total. The lowest BCUT2D eigenvalue weighted by atomic mass is 10.2. The van der Waals surface area contributed by atoms with E-state index < -0.39 is 11.9 Å². The van der Waals surface area contributed by atoms with Crippen molar-refractivity contribution in [2.45, 2.75) is 19.6 Å². The highest BCUT2D eigenvalue weighted by Gasteiger charge is 2.32. The number of halogens is 1. The number of pyridine rings is 1. The van der Waals surface area contributed by atoms with Crippen molar-refractivity contribution in [2.24, 2.45) is 0 Å². The number of carbonyl (C=O) groups excluding carboxylic acids is 2. The van der Waals surface area contributed by atoms with Crippen molar-refractivity contribution in [1.82, 2.24) is 9.88 Å². The maximum Gasteiger partial charge on any atom is 0.397 e. The molecule has 1 atom stereocenters. The van der Waals surface area contributed by atoms with Crippen LogP contribution in [-0.4, -0.2) is 34.4 Å². The fraction of sp³-hybridized carbons (Fsp3) is 0.364. The van der Waals surface area contributed by atoms with Gasteiger partial charge in [0, 0.05) is 0 Å². The Labute approximate surface area is 103 Å². The maximum absolute atomic E-state index is 11.6. The van der Waals surface area contributed by atoms with Crippen LogP contribution >= 0.6 is 11.6 Å². The van der Waals surface area contributed by atoms with Gasteiger partial charge in [-0.15, -0.1) is 0 Å². The van der Waals surface area contributed by atoms with Gasteiger partial charge in [-0.05, 0) is 19.1 Å². The van der Waals surface area contributed by atoms with Crippen LogP contribution in [0.4, 0.5) is 0 Å². The second-order valence-electron chi connectivity index (χ2n) is 3.85. The molecule has 1 unspecified atom stereocenters. The van der Waals surface area contributed by atoms with E-state index in [0.717, 1.165) is 0 Å². The number of cyclic esters (lactones) is 1. The summed E-state index contributed by atoms with van der Waals surface area (Å²) in [6.07, 6.45) is -0.292. The van der Waals surface area contributed by atoms with E-state index in [9.17, 15) is 9.59 Å². The molecular formula is C11H11ClN2O3. The number of rotatable bonds is 2. The molecular weight excluding hydrogens is 244 g/mol. The third-order valence-electron chi connectivity index (χ3n) is 2.37. The van der Waals surface area contributed by atoms with Crippen molar-refractivity contribution in [3.8, 4) is 0 Å². The van der Waals surface area contributed by atoms with Gasteiger partial charge >= 0.3 is 11.9 Å². The van der Waals surface area contributed by atoms with Crippen molar-refractivity contribution in [2.75, 3.05) is 6.54 Å². The molecule has 0 spiro atoms. The highest BCUT2D eigenvalue weighted by Crippen LogP contribution is 2.12. The lowest BCUT2D eigenvalue weighted by Gasteiger charge is -2.29. The molecule has 0 radical (unpaired) electrons. The second kappa shape index (κ2) is 4.71. The molecule has 1 aromatic heterocycles. The molecule has 2 heterocycles. The molecule has 0 bridgehead atoms. The largest absolute Gasteiger partial charge is 0.454 e. The number of hydrogen-bond donors (Lipinski definition) is 0. The number of morpholine rings is 1. The quantitative estimate of drug-likeness (QED) is 0.449. The SMILES string of the molecule is CC1CN(Cc2cccc(Cl)n2)C(=O)C(=O)O1. The van der Waals surface area contributed by atoms with Crippen LogP contribution in [0.2, 0.25) is 5.15 Å². The van der Waals surface area contributed by atoms with E-state index in [1.54, 1.807) is 25.1 Å². The molecule has 1 saturated heterocycles. The maximum atomic E-state index is 11.6. The Kier molecular flexibility index (Phi) is 3.28. The first-order valence-electron chi connectivity index (χ1n) is 5.17. The molecule has 1 aliphatic rings. The Morgan fingerprint density at radius 3 is 3.00 bits per heavy atom. The Morgan fingerprint density at radius 1 is 1.53 bits per heavy atom. The third kappa shape index (κ3) is 2.74. The first-order valence-corrected chi connectivity index (χ1v) is 5.55. The third-order valence-corrected chi connectivity index (χ3v) is 2.58. The Bertz CT molecular complexity index is 464. The molecule has 17 heavy (non-hydrogen) atoms. The van der Waals surface area contributed by atoms with Crippen LogP contribution in [0.3, 0.4) is 0 Å². The van der Waals surface area contributed by atoms with Gasteiger partial charge in [0.25, 0.3) is 0 Å². The van der Waals surface area contributed by atoms with Crippen LogP contribution in [0.25, 0.3) is 0 Å². The fourth-order valence-electron chi connectivity index (χ4n) is 1.66. The summed E-state index contributed by atoms with van der Waals surface area (Å²) in [6, 6.07) is 5.16. The highest BCUT2D eigenvalue weighted by molar-refractivity contribution is 6.32. The molecule has 1 aromatic rings. The summed E-state index contributed by atoms with van der Waals surface area (Å²) in [7, 11) is 0. The summed E-state index contributed by atoms with van der Waals surface area (Å²) in [5, 5.41) is 0.364. The smallest absolute Gasteiger partial charge is 0.397 e. The van der Waals surface area contributed by atoms with E-state index in [4.69, 9.17) is 16.3 Å². The zero-order chi connectivity index (χ0) is 12.4. The lowest BCUT2D eigenvalue weighted by Crippen LogP contribution is -2.48. The van der Waals surface area contributed by atoms with Crippen LogP contribution < -0.4 is 0 Å². The predicted molar refractivity (Wildman–Crippen MR) is 60.2 cm³/mol. The van der Waals surface area contributed by atoms with Gasteiger partial charge in [-0.1, -0.05) is 17.7 Å². The highest BCUT2D eigenvalue weighted by atomic mass is 35.5. The number of esters is 1. The van der Waals surface area contributed by atoms with E-state index in [2.05, 4.69) is 4.98 Å². The molecule has 0 saturated carbocycles. The standard InChI is InChI=1S/C11H11ClN2O3/c1-7-5-14(10(15)11(16)17-7)6-8-3-2-4-9(12)13-8/h2-4,7H,5-6H2,1H3. The second-order valence-corrected chi connectivity index (χ2v) is 4.24. The van der Waals surface area contributed by atoms with Crippen molar-refractivity contribution in [3.05, 3.63) is 29.0 Å². The summed E-state index contributed by atoms with van der Waals surface area (Å²) in [5.41, 5.74) is 0.646. The monoisotopic (exact) mass is 254 g/mol. The fourth-order valence-corrected chi connectivity index (χ4v) is 1.84. The van der Waals surface area contributed by atoms with Gasteiger partial charge in [-0.25, -0.2) is 9.78 Å². The minimum Gasteiger partial charge on any atom is -0.454 e. The molecule has 2 rings (SSSR count). The van der Waals surface area contributed by atoms with E-state index in [0.29, 0.717) is 17.4 Å². The zero-order valence-electron chi connectivity index (χ0n) is 9.22. The van der Waals surface area contributed by atoms with Crippen LogP contribution in [0.1, 0.15) is 12.6 Å². The average Bonchev–Trinajstić information content (AvgIpc) is 2.25. The minimum absolute atomic E-state index is 0.263. The number of nitrogens with zero attached hydrogens (tertiary/aromatic N) is 2. The first kappa shape index (κ1) is 11.9. The molecule has 90 valence electrons. The minimum atomic E-state index is -0.814. The summed E-state index contributed by atoms with van der Waals surface area (Å²) < 4.78 is 4.81. The van der Waals surface area contributed by atoms with Crippen LogP contribution in [0.15, 0.2) is 18.2 Å². The normalized spacial score (nSPS) is 20.4. The van der Waals surface area contributed by atoms with Crippen LogP contribution in [-0.2, 0) is 20.9 Å². The van der Waals surface area contributed by atoms with Gasteiger partial charge in [0.2, 0.25) is 0 Å². The Morgan fingerprint density at radius 2 is 2.29 bits per heavy atom. The zero-order valence-corrected chi connectivity index (χ0v) is 9.98. The summed E-state index contributed by atoms with van der Waals surface area (Å²) >= 11 is 5.75. The predicted octanol–water partition coefficient (Wildman–Crippen LogP) is 1.01. The van der Waals surface area contributed by atoms with Gasteiger partial charge < -0.3 is 9.64 Å². The molecule has 0 aromatic carbocycles. The molecule has 6 heteroatoms. The van der Waals surface area contributed by atoms with Gasteiger partial charge in [0.05, 0.1) is 18.8 Å². The van der Waals surface area contributed by atoms with Crippen molar-refractivity contribution >= 4 is 23.5 Å². The number of aromatic nitrogens is 1. The van der Waals surface area contributed by atoms with Gasteiger partial charge in [-0.2, -0.15) is 0 Å². The number of amides is 1. The molecule has 1 aliphatic heterocycles. The van der Waals surface area contributed by atoms with E-state index in [1.807, 2.05) is 0 Å². The molecule has 0 aliphatic carbocycles.